The van der Waals surface area contributed by atoms with Crippen LogP contribution < -0.4 is 5.32 Å². The molecule has 0 aromatic rings. The van der Waals surface area contributed by atoms with Gasteiger partial charge in [-0.05, 0) is 96.3 Å². The van der Waals surface area contributed by atoms with Crippen LogP contribution >= 0.6 is 0 Å². The van der Waals surface area contributed by atoms with Crippen molar-refractivity contribution < 1.29 is 24.5 Å². The van der Waals surface area contributed by atoms with Crippen LogP contribution in [-0.4, -0.2) is 47.4 Å². The first-order chi connectivity index (χ1) is 38.0. The molecule has 6 heteroatoms. The van der Waals surface area contributed by atoms with E-state index >= 15 is 0 Å². The van der Waals surface area contributed by atoms with E-state index < -0.39 is 12.1 Å². The maximum atomic E-state index is 12.5. The predicted octanol–water partition coefficient (Wildman–Crippen LogP) is 21.9. The lowest BCUT2D eigenvalue weighted by Crippen LogP contribution is -2.45. The molecule has 3 N–H and O–H groups in total. The molecule has 0 spiro atoms. The first kappa shape index (κ1) is 74.6. The van der Waals surface area contributed by atoms with Crippen LogP contribution in [0.5, 0.6) is 0 Å². The Hall–Kier alpha value is -2.44. The smallest absolute Gasteiger partial charge is 0.305 e. The van der Waals surface area contributed by atoms with Gasteiger partial charge in [-0.2, -0.15) is 0 Å². The van der Waals surface area contributed by atoms with Gasteiger partial charge in [0.05, 0.1) is 25.4 Å². The summed E-state index contributed by atoms with van der Waals surface area (Å²) in [4.78, 5) is 24.6. The van der Waals surface area contributed by atoms with Gasteiger partial charge in [0.25, 0.3) is 0 Å². The molecule has 0 aliphatic carbocycles. The minimum Gasteiger partial charge on any atom is -0.466 e. The highest BCUT2D eigenvalue weighted by molar-refractivity contribution is 5.76. The number of carbonyl (C=O) groups is 2. The summed E-state index contributed by atoms with van der Waals surface area (Å²) in [5.41, 5.74) is 0. The van der Waals surface area contributed by atoms with Crippen molar-refractivity contribution in [2.45, 2.75) is 366 Å². The topological polar surface area (TPSA) is 95.9 Å². The summed E-state index contributed by atoms with van der Waals surface area (Å²) in [6.07, 6.45) is 87.1. The van der Waals surface area contributed by atoms with Crippen molar-refractivity contribution in [3.05, 3.63) is 60.8 Å². The Morgan fingerprint density at radius 2 is 0.649 bits per heavy atom. The van der Waals surface area contributed by atoms with E-state index in [1.54, 1.807) is 6.08 Å². The molecule has 0 aromatic carbocycles. The third-order valence-electron chi connectivity index (χ3n) is 15.5. The Kier molecular flexibility index (Phi) is 64.0. The molecule has 77 heavy (non-hydrogen) atoms. The lowest BCUT2D eigenvalue weighted by atomic mass is 10.0. The number of aliphatic hydroxyl groups excluding tert-OH is 2. The lowest BCUT2D eigenvalue weighted by Gasteiger charge is -2.20. The van der Waals surface area contributed by atoms with Gasteiger partial charge in [-0.25, -0.2) is 0 Å². The number of aliphatic hydroxyl groups is 2. The molecule has 0 aliphatic rings. The highest BCUT2D eigenvalue weighted by Crippen LogP contribution is 2.17. The molecule has 6 nitrogen and oxygen atoms in total. The Morgan fingerprint density at radius 3 is 1.01 bits per heavy atom. The number of unbranched alkanes of at least 4 members (excludes halogenated alkanes) is 44. The van der Waals surface area contributed by atoms with E-state index in [0.29, 0.717) is 19.4 Å². The molecule has 0 rings (SSSR count). The van der Waals surface area contributed by atoms with Crippen molar-refractivity contribution in [1.29, 1.82) is 0 Å². The van der Waals surface area contributed by atoms with Gasteiger partial charge < -0.3 is 20.3 Å². The molecule has 0 aromatic heterocycles. The summed E-state index contributed by atoms with van der Waals surface area (Å²) < 4.78 is 5.48. The van der Waals surface area contributed by atoms with Crippen molar-refractivity contribution in [1.82, 2.24) is 5.32 Å². The summed E-state index contributed by atoms with van der Waals surface area (Å²) in [5.74, 6) is -0.0736. The molecule has 0 heterocycles. The summed E-state index contributed by atoms with van der Waals surface area (Å²) in [6, 6.07) is -0.632. The quantitative estimate of drug-likeness (QED) is 0.0320. The second-order valence-electron chi connectivity index (χ2n) is 23.1. The fraction of sp³-hybridized carbons (Fsp3) is 0.831. The molecular formula is C71H131NO5. The van der Waals surface area contributed by atoms with Crippen LogP contribution in [0.3, 0.4) is 0 Å². The first-order valence-electron chi connectivity index (χ1n) is 34.1. The van der Waals surface area contributed by atoms with Crippen LogP contribution in [0.2, 0.25) is 0 Å². The predicted molar refractivity (Wildman–Crippen MR) is 338 cm³/mol. The molecule has 450 valence electrons. The van der Waals surface area contributed by atoms with Crippen molar-refractivity contribution in [2.75, 3.05) is 13.2 Å². The molecule has 1 amide bonds. The molecule has 0 saturated carbocycles. The molecule has 0 fully saturated rings. The number of hydrogen-bond donors (Lipinski definition) is 3. The molecule has 2 atom stereocenters. The summed E-state index contributed by atoms with van der Waals surface area (Å²) in [7, 11) is 0. The van der Waals surface area contributed by atoms with Crippen LogP contribution in [0.25, 0.3) is 0 Å². The van der Waals surface area contributed by atoms with Crippen LogP contribution in [0.1, 0.15) is 354 Å². The van der Waals surface area contributed by atoms with Gasteiger partial charge >= 0.3 is 5.97 Å². The van der Waals surface area contributed by atoms with Gasteiger partial charge in [0.2, 0.25) is 5.91 Å². The van der Waals surface area contributed by atoms with Crippen molar-refractivity contribution in [2.24, 2.45) is 0 Å². The number of allylic oxidation sites excluding steroid dienone is 9. The zero-order chi connectivity index (χ0) is 55.7. The molecule has 0 saturated heterocycles. The van der Waals surface area contributed by atoms with E-state index in [0.717, 1.165) is 57.8 Å². The minimum absolute atomic E-state index is 0.00406. The zero-order valence-electron chi connectivity index (χ0n) is 51.4. The SMILES string of the molecule is CCCCC/C=C\C/C=C\CCCCCCCC(=O)OCCCCCCCCCCC/C=C\C/C=C\CCCCCCCCCCCCCC(=O)NC(CO)C(O)/C=C/CCCCCCCCCCCCCCCCCC. The van der Waals surface area contributed by atoms with E-state index in [4.69, 9.17) is 4.74 Å². The number of rotatable bonds is 63. The van der Waals surface area contributed by atoms with Gasteiger partial charge in [0, 0.05) is 12.8 Å². The minimum atomic E-state index is -0.848. The third-order valence-corrected chi connectivity index (χ3v) is 15.5. The third kappa shape index (κ3) is 62.6. The maximum absolute atomic E-state index is 12.5. The van der Waals surface area contributed by atoms with E-state index in [9.17, 15) is 19.8 Å². The van der Waals surface area contributed by atoms with E-state index in [2.05, 4.69) is 67.8 Å². The summed E-state index contributed by atoms with van der Waals surface area (Å²) in [6.45, 7) is 4.88. The number of nitrogens with one attached hydrogen (secondary N) is 1. The monoisotopic (exact) mass is 1080 g/mol. The largest absolute Gasteiger partial charge is 0.466 e. The average Bonchev–Trinajstić information content (AvgIpc) is 3.43. The van der Waals surface area contributed by atoms with Crippen LogP contribution in [-0.2, 0) is 14.3 Å². The maximum Gasteiger partial charge on any atom is 0.305 e. The average molecular weight is 1080 g/mol. The van der Waals surface area contributed by atoms with Crippen molar-refractivity contribution >= 4 is 11.9 Å². The van der Waals surface area contributed by atoms with Gasteiger partial charge in [-0.1, -0.05) is 306 Å². The fourth-order valence-electron chi connectivity index (χ4n) is 10.3. The Labute approximate surface area is 479 Å². The van der Waals surface area contributed by atoms with E-state index in [-0.39, 0.29) is 18.5 Å². The second-order valence-corrected chi connectivity index (χ2v) is 23.1. The van der Waals surface area contributed by atoms with E-state index in [1.807, 2.05) is 6.08 Å². The van der Waals surface area contributed by atoms with Gasteiger partial charge in [-0.15, -0.1) is 0 Å². The van der Waals surface area contributed by atoms with Crippen LogP contribution in [0, 0.1) is 0 Å². The molecular weight excluding hydrogens is 947 g/mol. The number of hydrogen-bond acceptors (Lipinski definition) is 5. The molecule has 0 aliphatic heterocycles. The van der Waals surface area contributed by atoms with Crippen LogP contribution in [0.15, 0.2) is 60.8 Å². The Bertz CT molecular complexity index is 1340. The van der Waals surface area contributed by atoms with Gasteiger partial charge in [-0.3, -0.25) is 9.59 Å². The first-order valence-corrected chi connectivity index (χ1v) is 34.1. The number of ether oxygens (including phenoxy) is 1. The van der Waals surface area contributed by atoms with Crippen molar-refractivity contribution in [3.8, 4) is 0 Å². The highest BCUT2D eigenvalue weighted by Gasteiger charge is 2.18. The molecule has 2 unspecified atom stereocenters. The second kappa shape index (κ2) is 66.1. The summed E-state index contributed by atoms with van der Waals surface area (Å²) >= 11 is 0. The zero-order valence-corrected chi connectivity index (χ0v) is 51.4. The molecule has 0 radical (unpaired) electrons. The van der Waals surface area contributed by atoms with Gasteiger partial charge in [0.15, 0.2) is 0 Å². The fourth-order valence-corrected chi connectivity index (χ4v) is 10.3. The van der Waals surface area contributed by atoms with E-state index in [1.165, 1.54) is 270 Å². The highest BCUT2D eigenvalue weighted by atomic mass is 16.5. The Morgan fingerprint density at radius 1 is 0.364 bits per heavy atom. The normalized spacial score (nSPS) is 12.9. The van der Waals surface area contributed by atoms with Crippen LogP contribution in [0.4, 0.5) is 0 Å². The molecule has 0 bridgehead atoms. The van der Waals surface area contributed by atoms with Gasteiger partial charge in [0.1, 0.15) is 0 Å². The summed E-state index contributed by atoms with van der Waals surface area (Å²) in [5, 5.41) is 23.2. The Balaban J connectivity index is 3.45. The standard InChI is InChI=1S/C71H131NO5/c1-3-5-7-9-11-13-15-17-19-20-32-36-39-43-47-51-55-59-63-69(74)68(67-73)72-70(75)64-60-56-52-48-44-40-37-33-30-28-26-24-22-21-23-25-27-29-31-34-38-42-46-50-54-58-62-66-77-71(76)65-61-57-53-49-45-41-35-18-16-14-12-10-8-6-4-2/h12,14,18,21-22,25,27,35,59,63,68-69,73-74H,3-11,13,15-17,19-20,23-24,26,28-34,36-58,60-62,64-67H2,1-2H3,(H,72,75)/b14-12-,22-21-,27-25-,35-18-,63-59+. The van der Waals surface area contributed by atoms with Crippen molar-refractivity contribution in [3.63, 3.8) is 0 Å². The lowest BCUT2D eigenvalue weighted by molar-refractivity contribution is -0.143. The number of carbonyl (C=O) groups excluding carboxylic acids is 2. The number of esters is 1. The number of amides is 1.